The minimum absolute atomic E-state index is 0.936. The molecule has 0 N–H and O–H groups in total. The number of hydrogen-bond donors (Lipinski definition) is 0. The van der Waals surface area contributed by atoms with Gasteiger partial charge in [0.25, 0.3) is 0 Å². The van der Waals surface area contributed by atoms with Crippen LogP contribution in [0, 0.1) is 0 Å². The second-order valence-corrected chi connectivity index (χ2v) is 7.96. The third-order valence-electron chi connectivity index (χ3n) is 6.82. The number of nitrogens with zero attached hydrogens (tertiary/aromatic N) is 1. The number of fused-ring (bicyclic) bond motifs is 2. The van der Waals surface area contributed by atoms with Crippen molar-refractivity contribution in [3.63, 3.8) is 0 Å². The van der Waals surface area contributed by atoms with Crippen LogP contribution in [0.1, 0.15) is 83.5 Å². The highest BCUT2D eigenvalue weighted by atomic mass is 15.2. The molecule has 1 radical (unpaired) electrons. The SMILES string of the molecule is [B]1C2CCCCC2N(C2CCCCC2)[C@@H]2CCCCC12. The molecule has 1 aliphatic heterocycles. The highest BCUT2D eigenvalue weighted by Gasteiger charge is 2.46. The van der Waals surface area contributed by atoms with E-state index in [1.165, 1.54) is 83.5 Å². The van der Waals surface area contributed by atoms with Crippen LogP contribution < -0.4 is 0 Å². The van der Waals surface area contributed by atoms with Gasteiger partial charge in [-0.3, -0.25) is 4.90 Å². The van der Waals surface area contributed by atoms with E-state index in [1.54, 1.807) is 0 Å². The molecule has 3 aliphatic carbocycles. The van der Waals surface area contributed by atoms with E-state index in [9.17, 15) is 0 Å². The highest BCUT2D eigenvalue weighted by Crippen LogP contribution is 2.48. The lowest BCUT2D eigenvalue weighted by molar-refractivity contribution is 0.0103. The smallest absolute Gasteiger partial charge is 0.121 e. The normalized spacial score (nSPS) is 43.4. The van der Waals surface area contributed by atoms with E-state index < -0.39 is 0 Å². The Morgan fingerprint density at radius 1 is 0.550 bits per heavy atom. The van der Waals surface area contributed by atoms with Crippen LogP contribution in [0.5, 0.6) is 0 Å². The summed E-state index contributed by atoms with van der Waals surface area (Å²) in [5, 5.41) is 0. The molecule has 0 aromatic rings. The first-order valence-electron chi connectivity index (χ1n) is 9.56. The molecule has 111 valence electrons. The first kappa shape index (κ1) is 13.7. The van der Waals surface area contributed by atoms with E-state index in [4.69, 9.17) is 0 Å². The van der Waals surface area contributed by atoms with Crippen LogP contribution in [-0.2, 0) is 0 Å². The van der Waals surface area contributed by atoms with Gasteiger partial charge in [0.05, 0.1) is 0 Å². The number of hydrogen-bond acceptors (Lipinski definition) is 1. The summed E-state index contributed by atoms with van der Waals surface area (Å²) in [4.78, 5) is 3.12. The second-order valence-electron chi connectivity index (χ2n) is 7.96. The van der Waals surface area contributed by atoms with Gasteiger partial charge in [0, 0.05) is 18.1 Å². The minimum Gasteiger partial charge on any atom is -0.295 e. The standard InChI is InChI=1S/C18H31BN/c1-2-8-14(9-3-1)20-17-12-6-4-10-15(17)19-16-11-5-7-13-18(16)20/h14-18H,1-13H2/t15?,16?,17-,18?/m1/s1. The van der Waals surface area contributed by atoms with Crippen LogP contribution in [-0.4, -0.2) is 30.3 Å². The average molecular weight is 272 g/mol. The van der Waals surface area contributed by atoms with Gasteiger partial charge >= 0.3 is 0 Å². The molecule has 4 aliphatic rings. The van der Waals surface area contributed by atoms with E-state index in [0.717, 1.165) is 29.8 Å². The van der Waals surface area contributed by atoms with E-state index in [2.05, 4.69) is 12.2 Å². The molecule has 4 atom stereocenters. The van der Waals surface area contributed by atoms with Crippen molar-refractivity contribution < 1.29 is 0 Å². The Bertz CT molecular complexity index is 303. The molecule has 0 bridgehead atoms. The topological polar surface area (TPSA) is 3.24 Å². The molecule has 3 saturated carbocycles. The van der Waals surface area contributed by atoms with Crippen molar-refractivity contribution in [2.75, 3.05) is 0 Å². The van der Waals surface area contributed by atoms with E-state index in [0.29, 0.717) is 0 Å². The largest absolute Gasteiger partial charge is 0.295 e. The van der Waals surface area contributed by atoms with Crippen molar-refractivity contribution >= 4 is 7.28 Å². The maximum Gasteiger partial charge on any atom is 0.121 e. The summed E-state index contributed by atoms with van der Waals surface area (Å²) in [6.45, 7) is 0. The van der Waals surface area contributed by atoms with Crippen molar-refractivity contribution in [2.24, 2.45) is 0 Å². The molecule has 4 fully saturated rings. The fourth-order valence-electron chi connectivity index (χ4n) is 5.95. The summed E-state index contributed by atoms with van der Waals surface area (Å²) in [7, 11) is 2.84. The molecular weight excluding hydrogens is 241 g/mol. The summed E-state index contributed by atoms with van der Waals surface area (Å²) in [6, 6.07) is 2.83. The van der Waals surface area contributed by atoms with Gasteiger partial charge in [0.15, 0.2) is 0 Å². The van der Waals surface area contributed by atoms with Crippen LogP contribution in [0.2, 0.25) is 11.6 Å². The molecule has 0 spiro atoms. The zero-order chi connectivity index (χ0) is 13.4. The Labute approximate surface area is 126 Å². The predicted molar refractivity (Wildman–Crippen MR) is 86.5 cm³/mol. The van der Waals surface area contributed by atoms with E-state index >= 15 is 0 Å². The Morgan fingerprint density at radius 2 is 1.05 bits per heavy atom. The van der Waals surface area contributed by atoms with Gasteiger partial charge in [-0.15, -0.1) is 0 Å². The second kappa shape index (κ2) is 6.03. The van der Waals surface area contributed by atoms with E-state index in [1.807, 2.05) is 0 Å². The molecule has 0 aromatic heterocycles. The quantitative estimate of drug-likeness (QED) is 0.620. The molecule has 0 amide bonds. The van der Waals surface area contributed by atoms with Crippen LogP contribution in [0.25, 0.3) is 0 Å². The first-order chi connectivity index (χ1) is 9.93. The van der Waals surface area contributed by atoms with Crippen molar-refractivity contribution in [3.8, 4) is 0 Å². The van der Waals surface area contributed by atoms with Crippen molar-refractivity contribution in [3.05, 3.63) is 0 Å². The third kappa shape index (κ3) is 2.47. The lowest BCUT2D eigenvalue weighted by Gasteiger charge is -2.57. The maximum absolute atomic E-state index is 3.12. The highest BCUT2D eigenvalue weighted by molar-refractivity contribution is 6.40. The van der Waals surface area contributed by atoms with Crippen molar-refractivity contribution in [1.29, 1.82) is 0 Å². The Balaban J connectivity index is 1.58. The van der Waals surface area contributed by atoms with Crippen LogP contribution in [0.15, 0.2) is 0 Å². The summed E-state index contributed by atoms with van der Waals surface area (Å²) >= 11 is 0. The molecule has 1 heterocycles. The van der Waals surface area contributed by atoms with Gasteiger partial charge in [0.2, 0.25) is 0 Å². The molecule has 1 nitrogen and oxygen atoms in total. The minimum atomic E-state index is 0.936. The summed E-state index contributed by atoms with van der Waals surface area (Å²) in [6.07, 6.45) is 19.5. The predicted octanol–water partition coefficient (Wildman–Crippen LogP) is 4.80. The van der Waals surface area contributed by atoms with Crippen LogP contribution in [0.3, 0.4) is 0 Å². The zero-order valence-corrected chi connectivity index (χ0v) is 13.1. The van der Waals surface area contributed by atoms with Crippen molar-refractivity contribution in [1.82, 2.24) is 4.90 Å². The number of rotatable bonds is 1. The molecule has 3 unspecified atom stereocenters. The van der Waals surface area contributed by atoms with Gasteiger partial charge in [-0.25, -0.2) is 0 Å². The zero-order valence-electron chi connectivity index (χ0n) is 13.1. The van der Waals surface area contributed by atoms with Crippen LogP contribution in [0.4, 0.5) is 0 Å². The van der Waals surface area contributed by atoms with Gasteiger partial charge in [-0.2, -0.15) is 0 Å². The Hall–Kier alpha value is 0.0249. The summed E-state index contributed by atoms with van der Waals surface area (Å²) in [5.41, 5.74) is 0. The summed E-state index contributed by atoms with van der Waals surface area (Å²) < 4.78 is 0. The maximum atomic E-state index is 3.12. The summed E-state index contributed by atoms with van der Waals surface area (Å²) in [5.74, 6) is 1.90. The molecule has 4 rings (SSSR count). The van der Waals surface area contributed by atoms with E-state index in [-0.39, 0.29) is 0 Å². The Kier molecular flexibility index (Phi) is 4.12. The lowest BCUT2D eigenvalue weighted by Crippen LogP contribution is -2.60. The fourth-order valence-corrected chi connectivity index (χ4v) is 5.95. The van der Waals surface area contributed by atoms with Gasteiger partial charge in [-0.05, 0) is 25.7 Å². The van der Waals surface area contributed by atoms with Gasteiger partial charge < -0.3 is 0 Å². The molecule has 0 aromatic carbocycles. The average Bonchev–Trinajstić information content (AvgIpc) is 2.53. The Morgan fingerprint density at radius 3 is 1.65 bits per heavy atom. The third-order valence-corrected chi connectivity index (χ3v) is 6.82. The molecule has 1 saturated heterocycles. The fraction of sp³-hybridized carbons (Fsp3) is 1.00. The van der Waals surface area contributed by atoms with Crippen molar-refractivity contribution in [2.45, 2.75) is 113 Å². The first-order valence-corrected chi connectivity index (χ1v) is 9.56. The molecule has 20 heavy (non-hydrogen) atoms. The monoisotopic (exact) mass is 272 g/mol. The lowest BCUT2D eigenvalue weighted by atomic mass is 9.43. The molecular formula is C18H31BN. The molecule has 2 heteroatoms. The van der Waals surface area contributed by atoms with Gasteiger partial charge in [0.1, 0.15) is 7.28 Å². The van der Waals surface area contributed by atoms with Crippen LogP contribution >= 0.6 is 0 Å². The van der Waals surface area contributed by atoms with Gasteiger partial charge in [-0.1, -0.05) is 69.4 Å².